The summed E-state index contributed by atoms with van der Waals surface area (Å²) in [6.07, 6.45) is 2.28. The molecule has 2 amide bonds. The average Bonchev–Trinajstić information content (AvgIpc) is 3.09. The average molecular weight is 367 g/mol. The Kier molecular flexibility index (Phi) is 6.04. The number of urea groups is 1. The number of carbonyl (C=O) groups is 2. The molecule has 0 bridgehead atoms. The van der Waals surface area contributed by atoms with E-state index in [1.807, 2.05) is 36.4 Å². The van der Waals surface area contributed by atoms with Crippen LogP contribution in [-0.4, -0.2) is 28.6 Å². The first kappa shape index (κ1) is 18.4. The van der Waals surface area contributed by atoms with Gasteiger partial charge in [0.1, 0.15) is 5.52 Å². The van der Waals surface area contributed by atoms with E-state index in [0.717, 1.165) is 23.9 Å². The number of nitrogens with zero attached hydrogens (tertiary/aromatic N) is 1. The number of anilines is 1. The maximum absolute atomic E-state index is 12.0. The summed E-state index contributed by atoms with van der Waals surface area (Å²) in [4.78, 5) is 26.9. The van der Waals surface area contributed by atoms with Crippen LogP contribution in [0.2, 0.25) is 0 Å². The number of amides is 2. The second-order valence-electron chi connectivity index (χ2n) is 6.15. The number of benzene rings is 2. The number of carboxylic acids is 1. The van der Waals surface area contributed by atoms with Crippen LogP contribution in [0.5, 0.6) is 0 Å². The molecule has 0 spiro atoms. The van der Waals surface area contributed by atoms with E-state index in [4.69, 9.17) is 9.52 Å². The molecule has 0 fully saturated rings. The normalized spacial score (nSPS) is 10.7. The minimum atomic E-state index is -0.792. The van der Waals surface area contributed by atoms with Crippen molar-refractivity contribution in [2.45, 2.75) is 25.7 Å². The minimum Gasteiger partial charge on any atom is -0.481 e. The van der Waals surface area contributed by atoms with Crippen LogP contribution in [0.3, 0.4) is 0 Å². The molecular weight excluding hydrogens is 346 g/mol. The van der Waals surface area contributed by atoms with Gasteiger partial charge in [-0.3, -0.25) is 4.79 Å². The Labute approximate surface area is 156 Å². The maximum Gasteiger partial charge on any atom is 0.319 e. The number of fused-ring (bicyclic) bond motifs is 1. The molecule has 0 atom stereocenters. The molecule has 3 rings (SSSR count). The lowest BCUT2D eigenvalue weighted by Gasteiger charge is -2.08. The SMILES string of the molecule is O=C(O)CCCCCNC(=O)Nc1cccc(-c2nc3ccccc3o2)c1. The van der Waals surface area contributed by atoms with Crippen molar-refractivity contribution < 1.29 is 19.1 Å². The third kappa shape index (κ3) is 5.31. The number of hydrogen-bond donors (Lipinski definition) is 3. The van der Waals surface area contributed by atoms with E-state index in [9.17, 15) is 9.59 Å². The largest absolute Gasteiger partial charge is 0.481 e. The first-order chi connectivity index (χ1) is 13.1. The molecule has 7 nitrogen and oxygen atoms in total. The fraction of sp³-hybridized carbons (Fsp3) is 0.250. The second-order valence-corrected chi connectivity index (χ2v) is 6.15. The van der Waals surface area contributed by atoms with Crippen LogP contribution in [0.1, 0.15) is 25.7 Å². The highest BCUT2D eigenvalue weighted by molar-refractivity contribution is 5.90. The lowest BCUT2D eigenvalue weighted by molar-refractivity contribution is -0.137. The fourth-order valence-corrected chi connectivity index (χ4v) is 2.68. The van der Waals surface area contributed by atoms with Gasteiger partial charge in [0.25, 0.3) is 0 Å². The molecule has 140 valence electrons. The zero-order valence-electron chi connectivity index (χ0n) is 14.8. The van der Waals surface area contributed by atoms with Gasteiger partial charge in [-0.15, -0.1) is 0 Å². The topological polar surface area (TPSA) is 104 Å². The number of para-hydroxylation sites is 2. The first-order valence-electron chi connectivity index (χ1n) is 8.84. The molecule has 0 saturated carbocycles. The predicted molar refractivity (Wildman–Crippen MR) is 103 cm³/mol. The molecule has 0 radical (unpaired) electrons. The fourth-order valence-electron chi connectivity index (χ4n) is 2.68. The van der Waals surface area contributed by atoms with E-state index in [1.165, 1.54) is 0 Å². The molecule has 0 aliphatic carbocycles. The highest BCUT2D eigenvalue weighted by atomic mass is 16.4. The van der Waals surface area contributed by atoms with Crippen LogP contribution in [0.25, 0.3) is 22.6 Å². The lowest BCUT2D eigenvalue weighted by atomic mass is 10.2. The Hall–Kier alpha value is -3.35. The van der Waals surface area contributed by atoms with Gasteiger partial charge in [-0.2, -0.15) is 0 Å². The van der Waals surface area contributed by atoms with Crippen molar-refractivity contribution in [3.05, 3.63) is 48.5 Å². The molecule has 0 aliphatic rings. The zero-order valence-corrected chi connectivity index (χ0v) is 14.8. The highest BCUT2D eigenvalue weighted by Gasteiger charge is 2.09. The van der Waals surface area contributed by atoms with Crippen molar-refractivity contribution in [1.82, 2.24) is 10.3 Å². The molecule has 2 aromatic carbocycles. The third-order valence-electron chi connectivity index (χ3n) is 4.01. The van der Waals surface area contributed by atoms with E-state index < -0.39 is 5.97 Å². The summed E-state index contributed by atoms with van der Waals surface area (Å²) in [5.41, 5.74) is 2.91. The van der Waals surface area contributed by atoms with Crippen LogP contribution >= 0.6 is 0 Å². The van der Waals surface area contributed by atoms with E-state index in [-0.39, 0.29) is 12.5 Å². The van der Waals surface area contributed by atoms with Crippen molar-refractivity contribution in [3.8, 4) is 11.5 Å². The van der Waals surface area contributed by atoms with Gasteiger partial charge < -0.3 is 20.2 Å². The first-order valence-corrected chi connectivity index (χ1v) is 8.84. The van der Waals surface area contributed by atoms with Crippen LogP contribution < -0.4 is 10.6 Å². The molecule has 0 aliphatic heterocycles. The molecule has 3 N–H and O–H groups in total. The number of carboxylic acid groups (broad SMARTS) is 1. The second kappa shape index (κ2) is 8.84. The van der Waals surface area contributed by atoms with Gasteiger partial charge in [-0.25, -0.2) is 9.78 Å². The van der Waals surface area contributed by atoms with Crippen LogP contribution in [0.4, 0.5) is 10.5 Å². The van der Waals surface area contributed by atoms with E-state index >= 15 is 0 Å². The van der Waals surface area contributed by atoms with E-state index in [2.05, 4.69) is 15.6 Å². The molecule has 27 heavy (non-hydrogen) atoms. The monoisotopic (exact) mass is 367 g/mol. The Bertz CT molecular complexity index is 903. The third-order valence-corrected chi connectivity index (χ3v) is 4.01. The number of nitrogens with one attached hydrogen (secondary N) is 2. The molecule has 0 saturated heterocycles. The van der Waals surface area contributed by atoms with Gasteiger partial charge in [-0.1, -0.05) is 24.6 Å². The highest BCUT2D eigenvalue weighted by Crippen LogP contribution is 2.25. The number of aromatic nitrogens is 1. The quantitative estimate of drug-likeness (QED) is 0.516. The van der Waals surface area contributed by atoms with Gasteiger partial charge in [0.2, 0.25) is 5.89 Å². The van der Waals surface area contributed by atoms with Crippen molar-refractivity contribution in [1.29, 1.82) is 0 Å². The Morgan fingerprint density at radius 2 is 1.89 bits per heavy atom. The van der Waals surface area contributed by atoms with Gasteiger partial charge in [0, 0.05) is 24.2 Å². The summed E-state index contributed by atoms with van der Waals surface area (Å²) in [7, 11) is 0. The van der Waals surface area contributed by atoms with Crippen molar-refractivity contribution in [2.75, 3.05) is 11.9 Å². The number of oxazole rings is 1. The van der Waals surface area contributed by atoms with Crippen molar-refractivity contribution >= 4 is 28.8 Å². The molecule has 3 aromatic rings. The van der Waals surface area contributed by atoms with Crippen molar-refractivity contribution in [3.63, 3.8) is 0 Å². The minimum absolute atomic E-state index is 0.162. The lowest BCUT2D eigenvalue weighted by Crippen LogP contribution is -2.29. The summed E-state index contributed by atoms with van der Waals surface area (Å²) < 4.78 is 5.75. The summed E-state index contributed by atoms with van der Waals surface area (Å²) in [6, 6.07) is 14.5. The smallest absolute Gasteiger partial charge is 0.319 e. The van der Waals surface area contributed by atoms with Crippen LogP contribution in [-0.2, 0) is 4.79 Å². The summed E-state index contributed by atoms with van der Waals surface area (Å²) in [6.45, 7) is 0.496. The Balaban J connectivity index is 1.53. The van der Waals surface area contributed by atoms with Crippen LogP contribution in [0.15, 0.2) is 52.9 Å². The summed E-state index contributed by atoms with van der Waals surface area (Å²) in [5, 5.41) is 14.1. The van der Waals surface area contributed by atoms with Crippen molar-refractivity contribution in [2.24, 2.45) is 0 Å². The Morgan fingerprint density at radius 3 is 2.70 bits per heavy atom. The Morgan fingerprint density at radius 1 is 1.04 bits per heavy atom. The number of unbranched alkanes of at least 4 members (excludes halogenated alkanes) is 2. The zero-order chi connectivity index (χ0) is 19.1. The van der Waals surface area contributed by atoms with Gasteiger partial charge >= 0.3 is 12.0 Å². The van der Waals surface area contributed by atoms with E-state index in [0.29, 0.717) is 30.1 Å². The molecular formula is C20H21N3O4. The number of aliphatic carboxylic acids is 1. The van der Waals surface area contributed by atoms with Gasteiger partial charge in [0.05, 0.1) is 0 Å². The molecule has 1 heterocycles. The van der Waals surface area contributed by atoms with Gasteiger partial charge in [-0.05, 0) is 43.2 Å². The van der Waals surface area contributed by atoms with E-state index in [1.54, 1.807) is 12.1 Å². The predicted octanol–water partition coefficient (Wildman–Crippen LogP) is 4.26. The number of carbonyl (C=O) groups excluding carboxylic acids is 1. The summed E-state index contributed by atoms with van der Waals surface area (Å²) in [5.74, 6) is -0.293. The van der Waals surface area contributed by atoms with Gasteiger partial charge in [0.15, 0.2) is 5.58 Å². The molecule has 7 heteroatoms. The molecule has 1 aromatic heterocycles. The number of rotatable bonds is 8. The maximum atomic E-state index is 12.0. The standard InChI is InChI=1S/C20H21N3O4/c24-18(25)11-2-1-5-12-21-20(26)22-15-8-6-7-14(13-15)19-23-16-9-3-4-10-17(16)27-19/h3-4,6-10,13H,1-2,5,11-12H2,(H,24,25)(H2,21,22,26). The molecule has 0 unspecified atom stereocenters. The number of hydrogen-bond acceptors (Lipinski definition) is 4. The summed E-state index contributed by atoms with van der Waals surface area (Å²) >= 11 is 0. The van der Waals surface area contributed by atoms with Crippen LogP contribution in [0, 0.1) is 0 Å².